The third-order valence-electron chi connectivity index (χ3n) is 5.09. The van der Waals surface area contributed by atoms with Gasteiger partial charge in [-0.25, -0.2) is 4.79 Å². The van der Waals surface area contributed by atoms with E-state index in [1.807, 2.05) is 0 Å². The third kappa shape index (κ3) is 38.0. The van der Waals surface area contributed by atoms with Gasteiger partial charge in [-0.1, -0.05) is 0 Å². The van der Waals surface area contributed by atoms with Crippen LogP contribution in [0.25, 0.3) is 0 Å². The van der Waals surface area contributed by atoms with E-state index in [0.717, 1.165) is 0 Å². The Morgan fingerprint density at radius 1 is 0.341 bits per heavy atom. The predicted octanol–water partition coefficient (Wildman–Crippen LogP) is 0.425. The van der Waals surface area contributed by atoms with Gasteiger partial charge in [0, 0.05) is 12.8 Å². The van der Waals surface area contributed by atoms with Crippen molar-refractivity contribution in [3.8, 4) is 0 Å². The van der Waals surface area contributed by atoms with Crippen LogP contribution < -0.4 is 0 Å². The normalized spacial score (nSPS) is 11.2. The van der Waals surface area contributed by atoms with Crippen molar-refractivity contribution in [3.63, 3.8) is 0 Å². The van der Waals surface area contributed by atoms with Crippen molar-refractivity contribution in [1.82, 2.24) is 0 Å². The molecule has 2 N–H and O–H groups in total. The second kappa shape index (κ2) is 35.5. The molecule has 0 heterocycles. The molecule has 0 aliphatic rings. The van der Waals surface area contributed by atoms with Gasteiger partial charge < -0.3 is 62.3 Å². The van der Waals surface area contributed by atoms with Gasteiger partial charge in [-0.05, 0) is 12.8 Å². The lowest BCUT2D eigenvalue weighted by atomic mass is 10.2. The maximum absolute atomic E-state index is 11.5. The van der Waals surface area contributed by atoms with E-state index >= 15 is 0 Å². The van der Waals surface area contributed by atoms with Crippen molar-refractivity contribution < 1.29 is 76.7 Å². The van der Waals surface area contributed by atoms with E-state index in [0.29, 0.717) is 125 Å². The molecule has 0 aliphatic carbocycles. The van der Waals surface area contributed by atoms with E-state index in [2.05, 4.69) is 0 Å². The van der Waals surface area contributed by atoms with Crippen molar-refractivity contribution in [3.05, 3.63) is 0 Å². The first kappa shape index (κ1) is 42.0. The summed E-state index contributed by atoms with van der Waals surface area (Å²) in [7, 11) is 0. The molecule has 0 fully saturated rings. The zero-order valence-electron chi connectivity index (χ0n) is 25.8. The number of carboxylic acids is 2. The minimum Gasteiger partial charge on any atom is -0.481 e. The second-order valence-electron chi connectivity index (χ2n) is 8.78. The van der Waals surface area contributed by atoms with Crippen molar-refractivity contribution in [2.24, 2.45) is 0 Å². The molecule has 260 valence electrons. The lowest BCUT2D eigenvalue weighted by molar-refractivity contribution is -0.146. The largest absolute Gasteiger partial charge is 0.481 e. The fourth-order valence-corrected chi connectivity index (χ4v) is 2.97. The summed E-state index contributed by atoms with van der Waals surface area (Å²) in [6.07, 6.45) is 1.22. The number of hydrogen-bond donors (Lipinski definition) is 2. The highest BCUT2D eigenvalue weighted by Gasteiger charge is 2.04. The molecule has 0 aliphatic heterocycles. The van der Waals surface area contributed by atoms with Crippen LogP contribution >= 0.6 is 0 Å². The van der Waals surface area contributed by atoms with Crippen molar-refractivity contribution in [2.45, 2.75) is 25.7 Å². The number of carbonyl (C=O) groups excluding carboxylic acids is 1. The number of aliphatic carboxylic acids is 2. The monoisotopic (exact) mass is 644 g/mol. The molecule has 44 heavy (non-hydrogen) atoms. The number of carbonyl (C=O) groups is 3. The van der Waals surface area contributed by atoms with Crippen LogP contribution in [0.2, 0.25) is 0 Å². The average Bonchev–Trinajstić information content (AvgIpc) is 2.99. The minimum absolute atomic E-state index is 0.0555. The van der Waals surface area contributed by atoms with E-state index in [9.17, 15) is 14.4 Å². The number of ether oxygens (including phenoxy) is 11. The summed E-state index contributed by atoms with van der Waals surface area (Å²) in [6.45, 7) is 7.73. The van der Waals surface area contributed by atoms with Crippen LogP contribution in [0.4, 0.5) is 0 Å². The molecule has 0 saturated heterocycles. The number of rotatable bonds is 37. The van der Waals surface area contributed by atoms with Crippen molar-refractivity contribution in [1.29, 1.82) is 0 Å². The van der Waals surface area contributed by atoms with Gasteiger partial charge in [0.05, 0.1) is 126 Å². The maximum atomic E-state index is 11.5. The van der Waals surface area contributed by atoms with E-state index in [1.54, 1.807) is 0 Å². The third-order valence-corrected chi connectivity index (χ3v) is 5.09. The summed E-state index contributed by atoms with van der Waals surface area (Å²) in [4.78, 5) is 32.1. The number of hydrogen-bond acceptors (Lipinski definition) is 14. The quantitative estimate of drug-likeness (QED) is 0.0697. The van der Waals surface area contributed by atoms with Gasteiger partial charge in [-0.3, -0.25) is 9.59 Å². The van der Waals surface area contributed by atoms with Crippen LogP contribution in [0.3, 0.4) is 0 Å². The van der Waals surface area contributed by atoms with E-state index in [4.69, 9.17) is 62.3 Å². The predicted molar refractivity (Wildman–Crippen MR) is 153 cm³/mol. The molecule has 0 spiro atoms. The molecule has 0 aromatic rings. The number of carboxylic acid groups (broad SMARTS) is 2. The Labute approximate surface area is 259 Å². The van der Waals surface area contributed by atoms with Crippen LogP contribution in [-0.4, -0.2) is 167 Å². The lowest BCUT2D eigenvalue weighted by Crippen LogP contribution is -2.16. The molecule has 0 aromatic heterocycles. The van der Waals surface area contributed by atoms with Gasteiger partial charge in [0.2, 0.25) is 0 Å². The molecular formula is C28H52O16. The molecule has 0 radical (unpaired) electrons. The Hall–Kier alpha value is -1.99. The Bertz CT molecular complexity index is 651. The SMILES string of the molecule is O=C(O)CCCCC(=O)OCCOCCOCCOCCOCCOCCOCCOCCOCCOCCOCC(=O)O. The van der Waals surface area contributed by atoms with Gasteiger partial charge in [-0.2, -0.15) is 0 Å². The van der Waals surface area contributed by atoms with Crippen molar-refractivity contribution in [2.75, 3.05) is 139 Å². The average molecular weight is 645 g/mol. The van der Waals surface area contributed by atoms with Crippen LogP contribution in [0.5, 0.6) is 0 Å². The van der Waals surface area contributed by atoms with Crippen LogP contribution in [0.15, 0.2) is 0 Å². The zero-order valence-corrected chi connectivity index (χ0v) is 25.8. The molecular weight excluding hydrogens is 592 g/mol. The Balaban J connectivity index is 3.10. The first-order valence-electron chi connectivity index (χ1n) is 14.9. The second-order valence-corrected chi connectivity index (χ2v) is 8.78. The summed E-state index contributed by atoms with van der Waals surface area (Å²) >= 11 is 0. The molecule has 16 heteroatoms. The molecule has 0 aromatic carbocycles. The van der Waals surface area contributed by atoms with Crippen LogP contribution in [0, 0.1) is 0 Å². The summed E-state index contributed by atoms with van der Waals surface area (Å²) in [6, 6.07) is 0. The van der Waals surface area contributed by atoms with Crippen LogP contribution in [-0.2, 0) is 66.5 Å². The summed E-state index contributed by atoms with van der Waals surface area (Å²) < 4.78 is 58.2. The molecule has 0 atom stereocenters. The first-order chi connectivity index (χ1) is 21.5. The topological polar surface area (TPSA) is 193 Å². The van der Waals surface area contributed by atoms with E-state index < -0.39 is 11.9 Å². The fraction of sp³-hybridized carbons (Fsp3) is 0.893. The minimum atomic E-state index is -1.00. The fourth-order valence-electron chi connectivity index (χ4n) is 2.97. The Morgan fingerprint density at radius 3 is 0.909 bits per heavy atom. The number of esters is 1. The highest BCUT2D eigenvalue weighted by molar-refractivity contribution is 5.69. The van der Waals surface area contributed by atoms with Crippen molar-refractivity contribution >= 4 is 17.9 Å². The molecule has 0 bridgehead atoms. The van der Waals surface area contributed by atoms with Gasteiger partial charge in [0.25, 0.3) is 0 Å². The molecule has 16 nitrogen and oxygen atoms in total. The summed E-state index contributed by atoms with van der Waals surface area (Å²) in [5, 5.41) is 16.9. The lowest BCUT2D eigenvalue weighted by Gasteiger charge is -2.09. The molecule has 0 unspecified atom stereocenters. The van der Waals surface area contributed by atoms with Gasteiger partial charge >= 0.3 is 17.9 Å². The highest BCUT2D eigenvalue weighted by atomic mass is 16.6. The molecule has 0 rings (SSSR count). The Kier molecular flexibility index (Phi) is 33.9. The zero-order chi connectivity index (χ0) is 32.2. The number of unbranched alkanes of at least 4 members (excludes halogenated alkanes) is 1. The Morgan fingerprint density at radius 2 is 0.614 bits per heavy atom. The van der Waals surface area contributed by atoms with E-state index in [1.165, 1.54) is 0 Å². The van der Waals surface area contributed by atoms with E-state index in [-0.39, 0.29) is 45.2 Å². The smallest absolute Gasteiger partial charge is 0.329 e. The summed E-state index contributed by atoms with van der Waals surface area (Å²) in [5.41, 5.74) is 0. The maximum Gasteiger partial charge on any atom is 0.329 e. The first-order valence-corrected chi connectivity index (χ1v) is 14.9. The van der Waals surface area contributed by atoms with Gasteiger partial charge in [0.15, 0.2) is 0 Å². The van der Waals surface area contributed by atoms with Gasteiger partial charge in [0.1, 0.15) is 13.2 Å². The standard InChI is InChI=1S/C28H52O16/c29-26(30)3-1-2-4-28(33)44-24-23-42-20-19-40-16-15-38-12-11-36-8-7-34-5-6-35-9-10-37-13-14-39-17-18-41-21-22-43-25-27(31)32/h1-25H2,(H,29,30)(H,31,32). The highest BCUT2D eigenvalue weighted by Crippen LogP contribution is 2.01. The molecule has 0 saturated carbocycles. The van der Waals surface area contributed by atoms with Crippen LogP contribution in [0.1, 0.15) is 25.7 Å². The molecule has 0 amide bonds. The summed E-state index contributed by atoms with van der Waals surface area (Å²) in [5.74, 6) is -2.22. The van der Waals surface area contributed by atoms with Gasteiger partial charge in [-0.15, -0.1) is 0 Å².